The lowest BCUT2D eigenvalue weighted by Gasteiger charge is -2.19. The Morgan fingerprint density at radius 3 is 2.34 bits per heavy atom. The summed E-state index contributed by atoms with van der Waals surface area (Å²) in [6, 6.07) is 23.7. The van der Waals surface area contributed by atoms with Gasteiger partial charge in [0.2, 0.25) is 0 Å². The Bertz CT molecular complexity index is 1080. The minimum absolute atomic E-state index is 0.391. The monoisotopic (exact) mass is 385 g/mol. The SMILES string of the molecule is COC(=O)c1ccc(N2Cc3ccccc3/C2=N/C(=O)Nc2ccccc2)cc1. The maximum atomic E-state index is 12.6. The molecule has 4 rings (SSSR count). The number of aliphatic imine (C=N–C) groups is 1. The zero-order chi connectivity index (χ0) is 20.2. The van der Waals surface area contributed by atoms with E-state index >= 15 is 0 Å². The topological polar surface area (TPSA) is 71.0 Å². The number of carbonyl (C=O) groups is 2. The number of rotatable bonds is 3. The van der Waals surface area contributed by atoms with Crippen molar-refractivity contribution in [2.24, 2.45) is 4.99 Å². The number of para-hydroxylation sites is 1. The number of benzene rings is 3. The molecule has 0 radical (unpaired) electrons. The van der Waals surface area contributed by atoms with Crippen molar-refractivity contribution in [2.75, 3.05) is 17.3 Å². The molecule has 6 heteroatoms. The summed E-state index contributed by atoms with van der Waals surface area (Å²) in [6.45, 7) is 0.588. The Hall–Kier alpha value is -3.93. The molecule has 0 saturated carbocycles. The zero-order valence-corrected chi connectivity index (χ0v) is 15.8. The van der Waals surface area contributed by atoms with E-state index in [1.54, 1.807) is 12.1 Å². The third-order valence-corrected chi connectivity index (χ3v) is 4.67. The fourth-order valence-electron chi connectivity index (χ4n) is 3.27. The number of nitrogens with zero attached hydrogens (tertiary/aromatic N) is 2. The average molecular weight is 385 g/mol. The lowest BCUT2D eigenvalue weighted by atomic mass is 10.1. The first-order chi connectivity index (χ1) is 14.2. The van der Waals surface area contributed by atoms with Crippen LogP contribution in [-0.4, -0.2) is 24.9 Å². The maximum absolute atomic E-state index is 12.6. The van der Waals surface area contributed by atoms with Crippen LogP contribution in [0.15, 0.2) is 83.9 Å². The number of anilines is 2. The Morgan fingerprint density at radius 1 is 0.931 bits per heavy atom. The van der Waals surface area contributed by atoms with Crippen LogP contribution in [0.3, 0.4) is 0 Å². The van der Waals surface area contributed by atoms with Crippen LogP contribution in [0.4, 0.5) is 16.2 Å². The van der Waals surface area contributed by atoms with Crippen molar-refractivity contribution in [2.45, 2.75) is 6.54 Å². The maximum Gasteiger partial charge on any atom is 0.347 e. The predicted octanol–water partition coefficient (Wildman–Crippen LogP) is 4.47. The van der Waals surface area contributed by atoms with Crippen LogP contribution in [0.5, 0.6) is 0 Å². The molecular formula is C23H19N3O3. The highest BCUT2D eigenvalue weighted by Crippen LogP contribution is 2.29. The number of urea groups is 1. The van der Waals surface area contributed by atoms with Crippen molar-refractivity contribution in [1.82, 2.24) is 0 Å². The van der Waals surface area contributed by atoms with Crippen LogP contribution in [0.25, 0.3) is 0 Å². The van der Waals surface area contributed by atoms with Crippen molar-refractivity contribution in [3.05, 3.63) is 95.6 Å². The Morgan fingerprint density at radius 2 is 1.62 bits per heavy atom. The molecule has 1 aliphatic heterocycles. The third kappa shape index (κ3) is 3.87. The lowest BCUT2D eigenvalue weighted by Crippen LogP contribution is -2.26. The number of amidine groups is 1. The van der Waals surface area contributed by atoms with E-state index in [9.17, 15) is 9.59 Å². The van der Waals surface area contributed by atoms with Crippen LogP contribution >= 0.6 is 0 Å². The molecule has 0 bridgehead atoms. The largest absolute Gasteiger partial charge is 0.465 e. The molecule has 6 nitrogen and oxygen atoms in total. The molecule has 0 unspecified atom stereocenters. The number of methoxy groups -OCH3 is 1. The second-order valence-electron chi connectivity index (χ2n) is 6.51. The highest BCUT2D eigenvalue weighted by molar-refractivity contribution is 6.18. The Labute approximate surface area is 168 Å². The van der Waals surface area contributed by atoms with Crippen molar-refractivity contribution < 1.29 is 14.3 Å². The molecule has 0 spiro atoms. The van der Waals surface area contributed by atoms with Crippen molar-refractivity contribution in [3.63, 3.8) is 0 Å². The normalized spacial score (nSPS) is 13.8. The first-order valence-electron chi connectivity index (χ1n) is 9.14. The smallest absolute Gasteiger partial charge is 0.347 e. The summed E-state index contributed by atoms with van der Waals surface area (Å²) in [6.07, 6.45) is 0. The van der Waals surface area contributed by atoms with Gasteiger partial charge in [0.25, 0.3) is 0 Å². The fraction of sp³-hybridized carbons (Fsp3) is 0.0870. The number of esters is 1. The second-order valence-corrected chi connectivity index (χ2v) is 6.51. The summed E-state index contributed by atoms with van der Waals surface area (Å²) in [5.74, 6) is 0.178. The van der Waals surface area contributed by atoms with E-state index in [0.29, 0.717) is 23.6 Å². The van der Waals surface area contributed by atoms with E-state index in [2.05, 4.69) is 10.3 Å². The quantitative estimate of drug-likeness (QED) is 0.675. The van der Waals surface area contributed by atoms with Gasteiger partial charge in [-0.05, 0) is 42.0 Å². The second kappa shape index (κ2) is 7.98. The molecule has 0 saturated heterocycles. The standard InChI is InChI=1S/C23H19N3O3/c1-29-22(27)16-11-13-19(14-12-16)26-15-17-7-5-6-10-20(17)21(26)25-23(28)24-18-8-3-2-4-9-18/h2-14H,15H2,1H3,(H,24,28)/b25-21-. The minimum Gasteiger partial charge on any atom is -0.465 e. The van der Waals surface area contributed by atoms with Crippen LogP contribution in [0.1, 0.15) is 21.5 Å². The van der Waals surface area contributed by atoms with E-state index in [-0.39, 0.29) is 0 Å². The van der Waals surface area contributed by atoms with Crippen LogP contribution in [-0.2, 0) is 11.3 Å². The molecular weight excluding hydrogens is 366 g/mol. The van der Waals surface area contributed by atoms with Crippen LogP contribution < -0.4 is 10.2 Å². The van der Waals surface area contributed by atoms with E-state index in [1.807, 2.05) is 71.6 Å². The molecule has 29 heavy (non-hydrogen) atoms. The molecule has 2 amide bonds. The summed E-state index contributed by atoms with van der Waals surface area (Å²) < 4.78 is 4.75. The van der Waals surface area contributed by atoms with Gasteiger partial charge in [-0.1, -0.05) is 42.5 Å². The average Bonchev–Trinajstić information content (AvgIpc) is 3.12. The molecule has 144 valence electrons. The summed E-state index contributed by atoms with van der Waals surface area (Å²) in [5.41, 5.74) is 3.97. The molecule has 1 heterocycles. The van der Waals surface area contributed by atoms with Gasteiger partial charge in [-0.15, -0.1) is 0 Å². The van der Waals surface area contributed by atoms with Gasteiger partial charge < -0.3 is 15.0 Å². The molecule has 0 aliphatic carbocycles. The van der Waals surface area contributed by atoms with E-state index in [4.69, 9.17) is 4.74 Å². The lowest BCUT2D eigenvalue weighted by molar-refractivity contribution is 0.0600. The van der Waals surface area contributed by atoms with Gasteiger partial charge in [0, 0.05) is 16.9 Å². The molecule has 0 atom stereocenters. The van der Waals surface area contributed by atoms with Gasteiger partial charge in [-0.3, -0.25) is 0 Å². The van der Waals surface area contributed by atoms with Gasteiger partial charge in [-0.2, -0.15) is 4.99 Å². The van der Waals surface area contributed by atoms with Crippen molar-refractivity contribution >= 4 is 29.2 Å². The van der Waals surface area contributed by atoms with Gasteiger partial charge in [0.15, 0.2) is 0 Å². The number of carbonyl (C=O) groups excluding carboxylic acids is 2. The first kappa shape index (κ1) is 18.4. The number of amides is 2. The van der Waals surface area contributed by atoms with Gasteiger partial charge >= 0.3 is 12.0 Å². The summed E-state index contributed by atoms with van der Waals surface area (Å²) in [7, 11) is 1.35. The van der Waals surface area contributed by atoms with Gasteiger partial charge in [0.05, 0.1) is 19.2 Å². The molecule has 0 fully saturated rings. The van der Waals surface area contributed by atoms with Crippen LogP contribution in [0.2, 0.25) is 0 Å². The van der Waals surface area contributed by atoms with Crippen LogP contribution in [0, 0.1) is 0 Å². The Balaban J connectivity index is 1.66. The highest BCUT2D eigenvalue weighted by Gasteiger charge is 2.27. The number of hydrogen-bond acceptors (Lipinski definition) is 3. The first-order valence-corrected chi connectivity index (χ1v) is 9.14. The van der Waals surface area contributed by atoms with Gasteiger partial charge in [0.1, 0.15) is 5.84 Å². The molecule has 3 aromatic rings. The highest BCUT2D eigenvalue weighted by atomic mass is 16.5. The van der Waals surface area contributed by atoms with Crippen molar-refractivity contribution in [1.29, 1.82) is 0 Å². The fourth-order valence-corrected chi connectivity index (χ4v) is 3.27. The third-order valence-electron chi connectivity index (χ3n) is 4.67. The number of fused-ring (bicyclic) bond motifs is 1. The Kier molecular flexibility index (Phi) is 5.07. The predicted molar refractivity (Wildman–Crippen MR) is 112 cm³/mol. The van der Waals surface area contributed by atoms with Gasteiger partial charge in [-0.25, -0.2) is 9.59 Å². The number of ether oxygens (including phenoxy) is 1. The molecule has 1 N–H and O–H groups in total. The van der Waals surface area contributed by atoms with E-state index in [0.717, 1.165) is 16.8 Å². The zero-order valence-electron chi connectivity index (χ0n) is 15.8. The summed E-state index contributed by atoms with van der Waals surface area (Å²) in [4.78, 5) is 30.5. The van der Waals surface area contributed by atoms with Crippen molar-refractivity contribution in [3.8, 4) is 0 Å². The van der Waals surface area contributed by atoms with E-state index in [1.165, 1.54) is 7.11 Å². The minimum atomic E-state index is -0.445. The van der Waals surface area contributed by atoms with E-state index < -0.39 is 12.0 Å². The molecule has 3 aromatic carbocycles. The number of nitrogens with one attached hydrogen (secondary N) is 1. The summed E-state index contributed by atoms with van der Waals surface area (Å²) >= 11 is 0. The number of hydrogen-bond donors (Lipinski definition) is 1. The molecule has 0 aromatic heterocycles. The summed E-state index contributed by atoms with van der Waals surface area (Å²) in [5, 5.41) is 2.79. The molecule has 1 aliphatic rings.